The second-order valence-corrected chi connectivity index (χ2v) is 10.8. The molecule has 1 fully saturated rings. The number of rotatable bonds is 5. The van der Waals surface area contributed by atoms with Crippen molar-refractivity contribution in [3.63, 3.8) is 0 Å². The molecule has 0 atom stereocenters. The monoisotopic (exact) mass is 446 g/mol. The Bertz CT molecular complexity index is 1100. The number of sulfone groups is 1. The lowest BCUT2D eigenvalue weighted by Gasteiger charge is -2.31. The highest BCUT2D eigenvalue weighted by molar-refractivity contribution is 7.92. The molecule has 0 radical (unpaired) electrons. The van der Waals surface area contributed by atoms with Crippen molar-refractivity contribution in [3.05, 3.63) is 75.8 Å². The van der Waals surface area contributed by atoms with Crippen molar-refractivity contribution in [2.24, 2.45) is 0 Å². The van der Waals surface area contributed by atoms with E-state index in [4.69, 9.17) is 16.6 Å². The summed E-state index contributed by atoms with van der Waals surface area (Å²) in [5.74, 6) is 0. The Morgan fingerprint density at radius 1 is 1.10 bits per heavy atom. The average molecular weight is 447 g/mol. The lowest BCUT2D eigenvalue weighted by atomic mass is 10.1. The lowest BCUT2D eigenvalue weighted by molar-refractivity contribution is 0.529. The third-order valence-electron chi connectivity index (χ3n) is 5.47. The van der Waals surface area contributed by atoms with Gasteiger partial charge in [0.15, 0.2) is 15.0 Å². The van der Waals surface area contributed by atoms with E-state index < -0.39 is 15.1 Å². The van der Waals surface area contributed by atoms with Gasteiger partial charge in [-0.25, -0.2) is 13.4 Å². The molecule has 1 aromatic heterocycles. The zero-order chi connectivity index (χ0) is 20.4. The Hall–Kier alpha value is -1.89. The van der Waals surface area contributed by atoms with Gasteiger partial charge in [0.2, 0.25) is 0 Å². The molecule has 0 unspecified atom stereocenters. The summed E-state index contributed by atoms with van der Waals surface area (Å²) in [6.45, 7) is 3.49. The van der Waals surface area contributed by atoms with Crippen molar-refractivity contribution in [1.82, 2.24) is 4.98 Å². The lowest BCUT2D eigenvalue weighted by Crippen LogP contribution is -2.39. The van der Waals surface area contributed by atoms with Gasteiger partial charge in [0, 0.05) is 24.9 Å². The maximum atomic E-state index is 13.0. The summed E-state index contributed by atoms with van der Waals surface area (Å²) in [5.41, 5.74) is 3.62. The van der Waals surface area contributed by atoms with Crippen molar-refractivity contribution in [3.8, 4) is 0 Å². The molecule has 0 N–H and O–H groups in total. The SMILES string of the molecule is Cc1ccccc1Cc1csc(N2CCC(S(=O)(=O)c3ccccc3Cl)CC2)n1. The Labute approximate surface area is 181 Å². The van der Waals surface area contributed by atoms with Gasteiger partial charge in [-0.05, 0) is 43.0 Å². The molecule has 0 bridgehead atoms. The molecule has 4 rings (SSSR count). The molecule has 29 heavy (non-hydrogen) atoms. The third kappa shape index (κ3) is 4.34. The van der Waals surface area contributed by atoms with Crippen LogP contribution in [0.5, 0.6) is 0 Å². The molecule has 3 aromatic rings. The van der Waals surface area contributed by atoms with Crippen LogP contribution in [-0.2, 0) is 16.3 Å². The van der Waals surface area contributed by atoms with E-state index in [2.05, 4.69) is 35.4 Å². The highest BCUT2D eigenvalue weighted by Gasteiger charge is 2.33. The van der Waals surface area contributed by atoms with E-state index in [1.54, 1.807) is 35.6 Å². The Morgan fingerprint density at radius 3 is 2.52 bits per heavy atom. The summed E-state index contributed by atoms with van der Waals surface area (Å²) in [7, 11) is -3.41. The fourth-order valence-electron chi connectivity index (χ4n) is 3.74. The number of halogens is 1. The van der Waals surface area contributed by atoms with Crippen LogP contribution in [0.4, 0.5) is 5.13 Å². The van der Waals surface area contributed by atoms with E-state index in [9.17, 15) is 8.42 Å². The number of piperidine rings is 1. The minimum atomic E-state index is -3.41. The molecular weight excluding hydrogens is 424 g/mol. The molecule has 0 spiro atoms. The number of aromatic nitrogens is 1. The van der Waals surface area contributed by atoms with Crippen LogP contribution in [0.1, 0.15) is 29.7 Å². The second kappa shape index (κ2) is 8.46. The normalized spacial score (nSPS) is 15.6. The van der Waals surface area contributed by atoms with Crippen LogP contribution < -0.4 is 4.90 Å². The van der Waals surface area contributed by atoms with E-state index in [-0.39, 0.29) is 4.90 Å². The Kier molecular flexibility index (Phi) is 5.95. The van der Waals surface area contributed by atoms with Crippen LogP contribution in [0, 0.1) is 6.92 Å². The van der Waals surface area contributed by atoms with E-state index in [0.717, 1.165) is 17.2 Å². The maximum absolute atomic E-state index is 13.0. The van der Waals surface area contributed by atoms with Crippen LogP contribution in [0.2, 0.25) is 5.02 Å². The highest BCUT2D eigenvalue weighted by atomic mass is 35.5. The second-order valence-electron chi connectivity index (χ2n) is 7.39. The average Bonchev–Trinajstić information content (AvgIpc) is 3.19. The molecule has 1 aliphatic heterocycles. The number of anilines is 1. The molecule has 0 aliphatic carbocycles. The molecule has 1 saturated heterocycles. The Balaban J connectivity index is 1.42. The van der Waals surface area contributed by atoms with E-state index in [0.29, 0.717) is 31.0 Å². The van der Waals surface area contributed by atoms with Crippen molar-refractivity contribution in [2.75, 3.05) is 18.0 Å². The van der Waals surface area contributed by atoms with Crippen LogP contribution in [0.15, 0.2) is 58.8 Å². The fourth-order valence-corrected chi connectivity index (χ4v) is 6.87. The topological polar surface area (TPSA) is 50.3 Å². The third-order valence-corrected chi connectivity index (χ3v) is 9.18. The molecule has 0 amide bonds. The van der Waals surface area contributed by atoms with Crippen LogP contribution in [0.3, 0.4) is 0 Å². The van der Waals surface area contributed by atoms with Gasteiger partial charge in [-0.15, -0.1) is 11.3 Å². The number of hydrogen-bond donors (Lipinski definition) is 0. The van der Waals surface area contributed by atoms with Gasteiger partial charge in [0.05, 0.1) is 20.9 Å². The predicted molar refractivity (Wildman–Crippen MR) is 120 cm³/mol. The number of thiazole rings is 1. The highest BCUT2D eigenvalue weighted by Crippen LogP contribution is 2.32. The smallest absolute Gasteiger partial charge is 0.185 e. The van der Waals surface area contributed by atoms with Crippen LogP contribution in [-0.4, -0.2) is 31.7 Å². The van der Waals surface area contributed by atoms with E-state index in [1.165, 1.54) is 11.1 Å². The summed E-state index contributed by atoms with van der Waals surface area (Å²) in [4.78, 5) is 7.25. The standard InChI is InChI=1S/C22H23ClN2O2S2/c1-16-6-2-3-7-17(16)14-18-15-28-22(24-18)25-12-10-19(11-13-25)29(26,27)21-9-5-4-8-20(21)23/h2-9,15,19H,10-14H2,1H3. The molecule has 152 valence electrons. The molecule has 2 heterocycles. The van der Waals surface area contributed by atoms with E-state index >= 15 is 0 Å². The van der Waals surface area contributed by atoms with Gasteiger partial charge < -0.3 is 4.90 Å². The Morgan fingerprint density at radius 2 is 1.79 bits per heavy atom. The largest absolute Gasteiger partial charge is 0.348 e. The number of hydrogen-bond acceptors (Lipinski definition) is 5. The van der Waals surface area contributed by atoms with Gasteiger partial charge in [-0.1, -0.05) is 48.0 Å². The first-order chi connectivity index (χ1) is 13.9. The zero-order valence-electron chi connectivity index (χ0n) is 16.2. The first-order valence-corrected chi connectivity index (χ1v) is 12.5. The first kappa shape index (κ1) is 20.4. The number of nitrogens with zero attached hydrogens (tertiary/aromatic N) is 2. The van der Waals surface area contributed by atoms with Crippen molar-refractivity contribution in [1.29, 1.82) is 0 Å². The fraction of sp³-hybridized carbons (Fsp3) is 0.318. The number of benzene rings is 2. The minimum Gasteiger partial charge on any atom is -0.348 e. The van der Waals surface area contributed by atoms with Gasteiger partial charge in [0.1, 0.15) is 0 Å². The molecule has 7 heteroatoms. The molecular formula is C22H23ClN2O2S2. The van der Waals surface area contributed by atoms with Crippen molar-refractivity contribution >= 4 is 37.9 Å². The first-order valence-electron chi connectivity index (χ1n) is 9.67. The van der Waals surface area contributed by atoms with Gasteiger partial charge in [-0.3, -0.25) is 0 Å². The molecule has 0 saturated carbocycles. The summed E-state index contributed by atoms with van der Waals surface area (Å²) in [5, 5.41) is 2.98. The van der Waals surface area contributed by atoms with Gasteiger partial charge in [-0.2, -0.15) is 0 Å². The summed E-state index contributed by atoms with van der Waals surface area (Å²) < 4.78 is 25.9. The molecule has 2 aromatic carbocycles. The van der Waals surface area contributed by atoms with Gasteiger partial charge in [0.25, 0.3) is 0 Å². The predicted octanol–water partition coefficient (Wildman–Crippen LogP) is 5.14. The minimum absolute atomic E-state index is 0.245. The van der Waals surface area contributed by atoms with E-state index in [1.807, 2.05) is 6.07 Å². The number of aryl methyl sites for hydroxylation is 1. The van der Waals surface area contributed by atoms with Gasteiger partial charge >= 0.3 is 0 Å². The van der Waals surface area contributed by atoms with Crippen LogP contribution in [0.25, 0.3) is 0 Å². The summed E-state index contributed by atoms with van der Waals surface area (Å²) >= 11 is 7.77. The van der Waals surface area contributed by atoms with Crippen molar-refractivity contribution < 1.29 is 8.42 Å². The summed E-state index contributed by atoms with van der Waals surface area (Å²) in [6, 6.07) is 15.1. The zero-order valence-corrected chi connectivity index (χ0v) is 18.6. The van der Waals surface area contributed by atoms with Crippen LogP contribution >= 0.6 is 22.9 Å². The quantitative estimate of drug-likeness (QED) is 0.544. The molecule has 1 aliphatic rings. The maximum Gasteiger partial charge on any atom is 0.185 e. The van der Waals surface area contributed by atoms with Crippen molar-refractivity contribution in [2.45, 2.75) is 36.3 Å². The summed E-state index contributed by atoms with van der Waals surface area (Å²) in [6.07, 6.45) is 1.99. The molecule has 4 nitrogen and oxygen atoms in total.